The zero-order chi connectivity index (χ0) is 11.4. The van der Waals surface area contributed by atoms with Crippen molar-refractivity contribution < 1.29 is 9.13 Å². The van der Waals surface area contributed by atoms with E-state index >= 15 is 0 Å². The molecule has 0 aliphatic heterocycles. The molecule has 0 aliphatic rings. The molecular formula is C12H13FN2O. The SMILES string of the molecule is COc1ccccc1-c1cnn(CCF)c1. The van der Waals surface area contributed by atoms with Crippen molar-refractivity contribution in [2.45, 2.75) is 6.54 Å². The Balaban J connectivity index is 2.34. The van der Waals surface area contributed by atoms with E-state index in [1.165, 1.54) is 0 Å². The molecule has 2 rings (SSSR count). The van der Waals surface area contributed by atoms with Crippen LogP contribution in [0.1, 0.15) is 0 Å². The largest absolute Gasteiger partial charge is 0.496 e. The normalized spacial score (nSPS) is 10.4. The predicted octanol–water partition coefficient (Wildman–Crippen LogP) is 2.53. The highest BCUT2D eigenvalue weighted by Crippen LogP contribution is 2.28. The third-order valence-electron chi connectivity index (χ3n) is 2.36. The Morgan fingerprint density at radius 1 is 1.38 bits per heavy atom. The van der Waals surface area contributed by atoms with Crippen molar-refractivity contribution in [3.8, 4) is 16.9 Å². The second-order valence-corrected chi connectivity index (χ2v) is 3.38. The van der Waals surface area contributed by atoms with Gasteiger partial charge in [-0.3, -0.25) is 4.68 Å². The van der Waals surface area contributed by atoms with Gasteiger partial charge in [-0.1, -0.05) is 18.2 Å². The second kappa shape index (κ2) is 4.79. The summed E-state index contributed by atoms with van der Waals surface area (Å²) in [4.78, 5) is 0. The Labute approximate surface area is 93.5 Å². The summed E-state index contributed by atoms with van der Waals surface area (Å²) in [5, 5.41) is 4.08. The lowest BCUT2D eigenvalue weighted by Gasteiger charge is -2.05. The lowest BCUT2D eigenvalue weighted by Crippen LogP contribution is -1.98. The molecule has 84 valence electrons. The van der Waals surface area contributed by atoms with Gasteiger partial charge in [0.2, 0.25) is 0 Å². The summed E-state index contributed by atoms with van der Waals surface area (Å²) >= 11 is 0. The van der Waals surface area contributed by atoms with Gasteiger partial charge >= 0.3 is 0 Å². The van der Waals surface area contributed by atoms with Crippen molar-refractivity contribution >= 4 is 0 Å². The summed E-state index contributed by atoms with van der Waals surface area (Å²) in [7, 11) is 1.63. The van der Waals surface area contributed by atoms with E-state index in [-0.39, 0.29) is 6.54 Å². The molecule has 0 bridgehead atoms. The fourth-order valence-corrected chi connectivity index (χ4v) is 1.59. The summed E-state index contributed by atoms with van der Waals surface area (Å²) in [6, 6.07) is 7.69. The van der Waals surface area contributed by atoms with E-state index in [9.17, 15) is 4.39 Å². The van der Waals surface area contributed by atoms with Crippen LogP contribution < -0.4 is 4.74 Å². The minimum absolute atomic E-state index is 0.287. The predicted molar refractivity (Wildman–Crippen MR) is 60.2 cm³/mol. The Morgan fingerprint density at radius 2 is 2.19 bits per heavy atom. The van der Waals surface area contributed by atoms with E-state index in [1.54, 1.807) is 18.0 Å². The van der Waals surface area contributed by atoms with E-state index in [0.717, 1.165) is 16.9 Å². The number of nitrogens with zero attached hydrogens (tertiary/aromatic N) is 2. The molecule has 0 saturated heterocycles. The van der Waals surface area contributed by atoms with Crippen LogP contribution in [0.5, 0.6) is 5.75 Å². The minimum atomic E-state index is -0.410. The van der Waals surface area contributed by atoms with Gasteiger partial charge < -0.3 is 4.74 Å². The third-order valence-corrected chi connectivity index (χ3v) is 2.36. The summed E-state index contributed by atoms with van der Waals surface area (Å²) in [5.74, 6) is 0.794. The number of rotatable bonds is 4. The Kier molecular flexibility index (Phi) is 3.19. The van der Waals surface area contributed by atoms with Crippen LogP contribution in [-0.4, -0.2) is 23.6 Å². The molecule has 0 spiro atoms. The van der Waals surface area contributed by atoms with E-state index < -0.39 is 6.67 Å². The molecule has 0 N–H and O–H groups in total. The van der Waals surface area contributed by atoms with Crippen LogP contribution in [0.15, 0.2) is 36.7 Å². The summed E-state index contributed by atoms with van der Waals surface area (Å²) < 4.78 is 19.0. The molecule has 1 aromatic heterocycles. The number of ether oxygens (including phenoxy) is 1. The van der Waals surface area contributed by atoms with Crippen molar-refractivity contribution in [3.05, 3.63) is 36.7 Å². The molecule has 0 fully saturated rings. The quantitative estimate of drug-likeness (QED) is 0.791. The van der Waals surface area contributed by atoms with Crippen molar-refractivity contribution in [2.75, 3.05) is 13.8 Å². The number of halogens is 1. The molecule has 0 atom stereocenters. The van der Waals surface area contributed by atoms with Gasteiger partial charge in [-0.25, -0.2) is 4.39 Å². The van der Waals surface area contributed by atoms with Gasteiger partial charge in [-0.2, -0.15) is 5.10 Å². The first-order valence-electron chi connectivity index (χ1n) is 5.07. The van der Waals surface area contributed by atoms with Crippen molar-refractivity contribution in [3.63, 3.8) is 0 Å². The summed E-state index contributed by atoms with van der Waals surface area (Å²) in [6.45, 7) is -0.123. The van der Waals surface area contributed by atoms with Crippen LogP contribution in [0.2, 0.25) is 0 Å². The Bertz CT molecular complexity index is 468. The van der Waals surface area contributed by atoms with E-state index in [0.29, 0.717) is 0 Å². The van der Waals surface area contributed by atoms with Gasteiger partial charge in [-0.15, -0.1) is 0 Å². The van der Waals surface area contributed by atoms with Gasteiger partial charge in [-0.05, 0) is 6.07 Å². The topological polar surface area (TPSA) is 27.1 Å². The number of hydrogen-bond acceptors (Lipinski definition) is 2. The number of alkyl halides is 1. The third kappa shape index (κ3) is 2.05. The van der Waals surface area contributed by atoms with Crippen molar-refractivity contribution in [1.29, 1.82) is 0 Å². The Hall–Kier alpha value is -1.84. The Morgan fingerprint density at radius 3 is 2.94 bits per heavy atom. The van der Waals surface area contributed by atoms with Crippen LogP contribution >= 0.6 is 0 Å². The molecule has 1 aromatic carbocycles. The average molecular weight is 220 g/mol. The second-order valence-electron chi connectivity index (χ2n) is 3.38. The molecule has 16 heavy (non-hydrogen) atoms. The molecule has 0 amide bonds. The van der Waals surface area contributed by atoms with Gasteiger partial charge in [0.05, 0.1) is 19.9 Å². The highest BCUT2D eigenvalue weighted by Gasteiger charge is 2.06. The molecule has 0 saturated carbocycles. The first kappa shape index (κ1) is 10.7. The zero-order valence-corrected chi connectivity index (χ0v) is 9.06. The van der Waals surface area contributed by atoms with Gasteiger partial charge in [0, 0.05) is 17.3 Å². The number of aromatic nitrogens is 2. The molecular weight excluding hydrogens is 207 g/mol. The van der Waals surface area contributed by atoms with Crippen LogP contribution in [0.4, 0.5) is 4.39 Å². The number of para-hydroxylation sites is 1. The number of benzene rings is 1. The van der Waals surface area contributed by atoms with Gasteiger partial charge in [0.25, 0.3) is 0 Å². The van der Waals surface area contributed by atoms with Gasteiger partial charge in [0.15, 0.2) is 0 Å². The lowest BCUT2D eigenvalue weighted by molar-refractivity contribution is 0.416. The van der Waals surface area contributed by atoms with E-state index in [2.05, 4.69) is 5.10 Å². The maximum atomic E-state index is 12.2. The summed E-state index contributed by atoms with van der Waals surface area (Å²) in [6.07, 6.45) is 3.53. The minimum Gasteiger partial charge on any atom is -0.496 e. The first-order chi connectivity index (χ1) is 7.85. The molecule has 0 radical (unpaired) electrons. The smallest absolute Gasteiger partial charge is 0.126 e. The zero-order valence-electron chi connectivity index (χ0n) is 9.06. The standard InChI is InChI=1S/C12H13FN2O/c1-16-12-5-3-2-4-11(12)10-8-14-15(9-10)7-6-13/h2-5,8-9H,6-7H2,1H3. The van der Waals surface area contributed by atoms with E-state index in [4.69, 9.17) is 4.74 Å². The average Bonchev–Trinajstić information content (AvgIpc) is 2.78. The fraction of sp³-hybridized carbons (Fsp3) is 0.250. The maximum Gasteiger partial charge on any atom is 0.126 e. The number of aryl methyl sites for hydroxylation is 1. The molecule has 4 heteroatoms. The number of methoxy groups -OCH3 is 1. The lowest BCUT2D eigenvalue weighted by atomic mass is 10.1. The van der Waals surface area contributed by atoms with Crippen LogP contribution in [0, 0.1) is 0 Å². The van der Waals surface area contributed by atoms with Crippen molar-refractivity contribution in [1.82, 2.24) is 9.78 Å². The number of hydrogen-bond donors (Lipinski definition) is 0. The van der Waals surface area contributed by atoms with Crippen molar-refractivity contribution in [2.24, 2.45) is 0 Å². The fourth-order valence-electron chi connectivity index (χ4n) is 1.59. The molecule has 2 aromatic rings. The monoisotopic (exact) mass is 220 g/mol. The molecule has 0 aliphatic carbocycles. The molecule has 3 nitrogen and oxygen atoms in total. The molecule has 1 heterocycles. The van der Waals surface area contributed by atoms with E-state index in [1.807, 2.05) is 30.5 Å². The highest BCUT2D eigenvalue weighted by atomic mass is 19.1. The highest BCUT2D eigenvalue weighted by molar-refractivity contribution is 5.69. The maximum absolute atomic E-state index is 12.2. The van der Waals surface area contributed by atoms with Crippen LogP contribution in [-0.2, 0) is 6.54 Å². The van der Waals surface area contributed by atoms with Gasteiger partial charge in [0.1, 0.15) is 12.4 Å². The van der Waals surface area contributed by atoms with Crippen LogP contribution in [0.3, 0.4) is 0 Å². The molecule has 0 unspecified atom stereocenters. The summed E-state index contributed by atoms with van der Waals surface area (Å²) in [5.41, 5.74) is 1.90. The van der Waals surface area contributed by atoms with Crippen LogP contribution in [0.25, 0.3) is 11.1 Å². The first-order valence-corrected chi connectivity index (χ1v) is 5.07.